The van der Waals surface area contributed by atoms with Gasteiger partial charge in [0.05, 0.1) is 21.3 Å². The van der Waals surface area contributed by atoms with Crippen LogP contribution in [0.15, 0.2) is 34.8 Å². The first-order valence-electron chi connectivity index (χ1n) is 5.37. The molecule has 0 aliphatic heterocycles. The van der Waals surface area contributed by atoms with Gasteiger partial charge in [-0.05, 0) is 47.1 Å². The molecule has 0 atom stereocenters. The molecule has 2 aromatic rings. The van der Waals surface area contributed by atoms with Crippen LogP contribution >= 0.6 is 39.1 Å². The smallest absolute Gasteiger partial charge is 0.259 e. The van der Waals surface area contributed by atoms with Crippen molar-refractivity contribution in [1.29, 1.82) is 0 Å². The maximum Gasteiger partial charge on any atom is 0.259 e. The summed E-state index contributed by atoms with van der Waals surface area (Å²) < 4.78 is 0.876. The molecule has 19 heavy (non-hydrogen) atoms. The third-order valence-corrected chi connectivity index (χ3v) is 3.92. The van der Waals surface area contributed by atoms with E-state index in [1.807, 2.05) is 13.0 Å². The first kappa shape index (κ1) is 14.3. The number of pyridine rings is 1. The van der Waals surface area contributed by atoms with Crippen LogP contribution in [0, 0.1) is 6.92 Å². The molecule has 98 valence electrons. The average molecular weight is 360 g/mol. The fourth-order valence-corrected chi connectivity index (χ4v) is 2.30. The molecule has 1 N–H and O–H groups in total. The van der Waals surface area contributed by atoms with Gasteiger partial charge in [0.15, 0.2) is 0 Å². The number of aryl methyl sites for hydroxylation is 1. The van der Waals surface area contributed by atoms with E-state index >= 15 is 0 Å². The fraction of sp³-hybridized carbons (Fsp3) is 0.0769. The summed E-state index contributed by atoms with van der Waals surface area (Å²) in [6, 6.07) is 8.42. The molecule has 1 aromatic heterocycles. The molecule has 3 nitrogen and oxygen atoms in total. The molecule has 0 saturated carbocycles. The standard InChI is InChI=1S/C13H9BrCl2N2O/c1-7-8(14)5-6-11(17-7)18-13(19)12-9(15)3-2-4-10(12)16/h2-6H,1H3,(H,17,18,19). The number of amides is 1. The van der Waals surface area contributed by atoms with Crippen LogP contribution in [0.25, 0.3) is 0 Å². The van der Waals surface area contributed by atoms with Crippen LogP contribution in [0.4, 0.5) is 5.82 Å². The van der Waals surface area contributed by atoms with Gasteiger partial charge in [0.25, 0.3) is 5.91 Å². The minimum absolute atomic E-state index is 0.244. The summed E-state index contributed by atoms with van der Waals surface area (Å²) in [6.45, 7) is 1.84. The van der Waals surface area contributed by atoms with Gasteiger partial charge in [0.2, 0.25) is 0 Å². The van der Waals surface area contributed by atoms with Crippen molar-refractivity contribution in [3.8, 4) is 0 Å². The van der Waals surface area contributed by atoms with Crippen molar-refractivity contribution in [3.63, 3.8) is 0 Å². The van der Waals surface area contributed by atoms with E-state index in [1.54, 1.807) is 24.3 Å². The molecule has 6 heteroatoms. The van der Waals surface area contributed by atoms with Gasteiger partial charge in [-0.15, -0.1) is 0 Å². The Morgan fingerprint density at radius 2 is 1.84 bits per heavy atom. The highest BCUT2D eigenvalue weighted by Crippen LogP contribution is 2.25. The van der Waals surface area contributed by atoms with Crippen LogP contribution in [0.3, 0.4) is 0 Å². The summed E-state index contributed by atoms with van der Waals surface area (Å²) >= 11 is 15.3. The Bertz CT molecular complexity index is 626. The Kier molecular flexibility index (Phi) is 4.45. The predicted octanol–water partition coefficient (Wildman–Crippen LogP) is 4.71. The number of hydrogen-bond donors (Lipinski definition) is 1. The van der Waals surface area contributed by atoms with Crippen LogP contribution in [-0.2, 0) is 0 Å². The number of hydrogen-bond acceptors (Lipinski definition) is 2. The number of nitrogens with zero attached hydrogens (tertiary/aromatic N) is 1. The van der Waals surface area contributed by atoms with Gasteiger partial charge in [0, 0.05) is 4.47 Å². The second-order valence-electron chi connectivity index (χ2n) is 3.81. The third-order valence-electron chi connectivity index (χ3n) is 2.45. The predicted molar refractivity (Wildman–Crippen MR) is 81.1 cm³/mol. The molecule has 0 unspecified atom stereocenters. The zero-order valence-corrected chi connectivity index (χ0v) is 13.0. The highest BCUT2D eigenvalue weighted by molar-refractivity contribution is 9.10. The lowest BCUT2D eigenvalue weighted by molar-refractivity contribution is 0.102. The van der Waals surface area contributed by atoms with Gasteiger partial charge in [0.1, 0.15) is 5.82 Å². The Morgan fingerprint density at radius 1 is 1.21 bits per heavy atom. The number of benzene rings is 1. The minimum Gasteiger partial charge on any atom is -0.306 e. The maximum absolute atomic E-state index is 12.1. The molecule has 1 amide bonds. The molecular weight excluding hydrogens is 351 g/mol. The Morgan fingerprint density at radius 3 is 2.42 bits per heavy atom. The van der Waals surface area contributed by atoms with Crippen LogP contribution in [-0.4, -0.2) is 10.9 Å². The number of anilines is 1. The molecule has 2 rings (SSSR count). The van der Waals surface area contributed by atoms with Crippen molar-refractivity contribution in [3.05, 3.63) is 56.1 Å². The van der Waals surface area contributed by atoms with Gasteiger partial charge < -0.3 is 5.32 Å². The molecule has 1 heterocycles. The maximum atomic E-state index is 12.1. The van der Waals surface area contributed by atoms with Crippen molar-refractivity contribution in [1.82, 2.24) is 4.98 Å². The molecule has 0 aliphatic carbocycles. The van der Waals surface area contributed by atoms with Crippen molar-refractivity contribution in [2.45, 2.75) is 6.92 Å². The molecule has 0 bridgehead atoms. The lowest BCUT2D eigenvalue weighted by atomic mass is 10.2. The van der Waals surface area contributed by atoms with E-state index in [2.05, 4.69) is 26.2 Å². The van der Waals surface area contributed by atoms with Gasteiger partial charge in [-0.2, -0.15) is 0 Å². The van der Waals surface area contributed by atoms with E-state index < -0.39 is 0 Å². The fourth-order valence-electron chi connectivity index (χ4n) is 1.51. The molecule has 0 fully saturated rings. The first-order valence-corrected chi connectivity index (χ1v) is 6.92. The molecule has 0 aliphatic rings. The Balaban J connectivity index is 2.28. The molecule has 0 spiro atoms. The van der Waals surface area contributed by atoms with E-state index in [0.29, 0.717) is 15.9 Å². The minimum atomic E-state index is -0.384. The highest BCUT2D eigenvalue weighted by Gasteiger charge is 2.15. The Hall–Kier alpha value is -1.10. The van der Waals surface area contributed by atoms with E-state index in [9.17, 15) is 4.79 Å². The Labute approximate surface area is 129 Å². The average Bonchev–Trinajstić information content (AvgIpc) is 2.33. The monoisotopic (exact) mass is 358 g/mol. The zero-order valence-electron chi connectivity index (χ0n) is 9.88. The first-order chi connectivity index (χ1) is 8.99. The molecular formula is C13H9BrCl2N2O. The van der Waals surface area contributed by atoms with Gasteiger partial charge in [-0.3, -0.25) is 4.79 Å². The van der Waals surface area contributed by atoms with Crippen molar-refractivity contribution < 1.29 is 4.79 Å². The zero-order chi connectivity index (χ0) is 14.0. The molecule has 0 saturated heterocycles. The van der Waals surface area contributed by atoms with Crippen molar-refractivity contribution in [2.24, 2.45) is 0 Å². The van der Waals surface area contributed by atoms with E-state index in [4.69, 9.17) is 23.2 Å². The van der Waals surface area contributed by atoms with Crippen LogP contribution in [0.5, 0.6) is 0 Å². The SMILES string of the molecule is Cc1nc(NC(=O)c2c(Cl)cccc2Cl)ccc1Br. The quantitative estimate of drug-likeness (QED) is 0.843. The lowest BCUT2D eigenvalue weighted by Crippen LogP contribution is -2.14. The van der Waals surface area contributed by atoms with Gasteiger partial charge in [-0.1, -0.05) is 29.3 Å². The summed E-state index contributed by atoms with van der Waals surface area (Å²) in [5, 5.41) is 3.28. The van der Waals surface area contributed by atoms with Gasteiger partial charge >= 0.3 is 0 Å². The summed E-state index contributed by atoms with van der Waals surface area (Å²) in [7, 11) is 0. The third kappa shape index (κ3) is 3.26. The largest absolute Gasteiger partial charge is 0.306 e. The van der Waals surface area contributed by atoms with Crippen LogP contribution in [0.2, 0.25) is 10.0 Å². The summed E-state index contributed by atoms with van der Waals surface area (Å²) in [4.78, 5) is 16.4. The van der Waals surface area contributed by atoms with Crippen molar-refractivity contribution >= 4 is 50.9 Å². The molecule has 1 aromatic carbocycles. The van der Waals surface area contributed by atoms with E-state index in [-0.39, 0.29) is 11.5 Å². The molecule has 0 radical (unpaired) electrons. The van der Waals surface area contributed by atoms with E-state index in [1.165, 1.54) is 0 Å². The van der Waals surface area contributed by atoms with Crippen LogP contribution in [0.1, 0.15) is 16.1 Å². The summed E-state index contributed by atoms with van der Waals surface area (Å²) in [6.07, 6.45) is 0. The number of carbonyl (C=O) groups is 1. The number of nitrogens with one attached hydrogen (secondary N) is 1. The lowest BCUT2D eigenvalue weighted by Gasteiger charge is -2.08. The topological polar surface area (TPSA) is 42.0 Å². The number of carbonyl (C=O) groups excluding carboxylic acids is 1. The number of rotatable bonds is 2. The van der Waals surface area contributed by atoms with Crippen LogP contribution < -0.4 is 5.32 Å². The normalized spacial score (nSPS) is 10.3. The number of halogens is 3. The summed E-state index contributed by atoms with van der Waals surface area (Å²) in [5.74, 6) is 0.0616. The number of aromatic nitrogens is 1. The second kappa shape index (κ2) is 5.90. The highest BCUT2D eigenvalue weighted by atomic mass is 79.9. The van der Waals surface area contributed by atoms with Crippen molar-refractivity contribution in [2.75, 3.05) is 5.32 Å². The summed E-state index contributed by atoms with van der Waals surface area (Å²) in [5.41, 5.74) is 1.02. The van der Waals surface area contributed by atoms with E-state index in [0.717, 1.165) is 10.2 Å². The second-order valence-corrected chi connectivity index (χ2v) is 5.48. The van der Waals surface area contributed by atoms with Gasteiger partial charge in [-0.25, -0.2) is 4.98 Å².